The first-order valence-electron chi connectivity index (χ1n) is 4.79. The average molecular weight is 260 g/mol. The van der Waals surface area contributed by atoms with Crippen LogP contribution in [0.4, 0.5) is 0 Å². The SMILES string of the molecule is O=C(O)c1cc(O)c(O)c(O)c1C(O)C(O)CO. The van der Waals surface area contributed by atoms with E-state index in [1.54, 1.807) is 0 Å². The van der Waals surface area contributed by atoms with Crippen LogP contribution in [0.1, 0.15) is 22.0 Å². The van der Waals surface area contributed by atoms with Gasteiger partial charge in [0.15, 0.2) is 11.5 Å². The monoisotopic (exact) mass is 260 g/mol. The fourth-order valence-electron chi connectivity index (χ4n) is 1.43. The molecule has 0 fully saturated rings. The lowest BCUT2D eigenvalue weighted by atomic mass is 9.96. The summed E-state index contributed by atoms with van der Waals surface area (Å²) in [6, 6.07) is 0.611. The van der Waals surface area contributed by atoms with Gasteiger partial charge >= 0.3 is 5.97 Å². The van der Waals surface area contributed by atoms with E-state index >= 15 is 0 Å². The van der Waals surface area contributed by atoms with Gasteiger partial charge in [0.1, 0.15) is 12.2 Å². The van der Waals surface area contributed by atoms with Gasteiger partial charge in [-0.15, -0.1) is 0 Å². The molecule has 7 N–H and O–H groups in total. The molecule has 2 unspecified atom stereocenters. The van der Waals surface area contributed by atoms with Crippen LogP contribution in [0.3, 0.4) is 0 Å². The highest BCUT2D eigenvalue weighted by Gasteiger charge is 2.29. The number of carboxylic acids is 1. The molecule has 0 aliphatic carbocycles. The van der Waals surface area contributed by atoms with Gasteiger partial charge in [0.25, 0.3) is 0 Å². The number of aliphatic hydroxyl groups excluding tert-OH is 3. The standard InChI is InChI=1S/C10H12O8/c11-2-5(13)7(14)6-3(10(17)18)1-4(12)8(15)9(6)16/h1,5,7,11-16H,2H2,(H,17,18). The molecule has 0 radical (unpaired) electrons. The summed E-state index contributed by atoms with van der Waals surface area (Å²) in [5.41, 5.74) is -1.40. The van der Waals surface area contributed by atoms with Crippen LogP contribution < -0.4 is 0 Å². The van der Waals surface area contributed by atoms with Crippen LogP contribution in [0.2, 0.25) is 0 Å². The van der Waals surface area contributed by atoms with Gasteiger partial charge in [-0.1, -0.05) is 0 Å². The molecule has 0 heterocycles. The van der Waals surface area contributed by atoms with Crippen molar-refractivity contribution in [1.82, 2.24) is 0 Å². The highest BCUT2D eigenvalue weighted by Crippen LogP contribution is 2.43. The van der Waals surface area contributed by atoms with E-state index in [1.165, 1.54) is 0 Å². The molecule has 0 amide bonds. The summed E-state index contributed by atoms with van der Waals surface area (Å²) in [5.74, 6) is -4.59. The number of hydrogen-bond donors (Lipinski definition) is 7. The second-order valence-electron chi connectivity index (χ2n) is 3.55. The van der Waals surface area contributed by atoms with Gasteiger partial charge in [-0.3, -0.25) is 0 Å². The van der Waals surface area contributed by atoms with E-state index in [9.17, 15) is 25.2 Å². The predicted molar refractivity (Wildman–Crippen MR) is 56.4 cm³/mol. The van der Waals surface area contributed by atoms with E-state index in [2.05, 4.69) is 0 Å². The lowest BCUT2D eigenvalue weighted by Crippen LogP contribution is -2.24. The van der Waals surface area contributed by atoms with Crippen LogP contribution in [0.25, 0.3) is 0 Å². The fraction of sp³-hybridized carbons (Fsp3) is 0.300. The van der Waals surface area contributed by atoms with Crippen molar-refractivity contribution >= 4 is 5.97 Å². The molecule has 100 valence electrons. The van der Waals surface area contributed by atoms with E-state index in [-0.39, 0.29) is 0 Å². The van der Waals surface area contributed by atoms with Crippen LogP contribution in [0.15, 0.2) is 6.07 Å². The molecule has 1 aromatic carbocycles. The lowest BCUT2D eigenvalue weighted by molar-refractivity contribution is -0.0169. The van der Waals surface area contributed by atoms with Crippen molar-refractivity contribution in [3.05, 3.63) is 17.2 Å². The van der Waals surface area contributed by atoms with Crippen LogP contribution in [0.5, 0.6) is 17.2 Å². The lowest BCUT2D eigenvalue weighted by Gasteiger charge is -2.19. The number of phenols is 3. The Hall–Kier alpha value is -2.03. The first-order chi connectivity index (χ1) is 8.31. The number of aliphatic hydroxyl groups is 3. The second-order valence-corrected chi connectivity index (χ2v) is 3.55. The van der Waals surface area contributed by atoms with E-state index in [4.69, 9.17) is 15.3 Å². The molecule has 0 spiro atoms. The summed E-state index contributed by atoms with van der Waals surface area (Å²) in [4.78, 5) is 10.9. The quantitative estimate of drug-likeness (QED) is 0.335. The Labute approximate surface area is 101 Å². The van der Waals surface area contributed by atoms with Crippen molar-refractivity contribution in [2.24, 2.45) is 0 Å². The maximum absolute atomic E-state index is 10.9. The van der Waals surface area contributed by atoms with Gasteiger partial charge in [-0.2, -0.15) is 0 Å². The Bertz CT molecular complexity index is 469. The zero-order valence-corrected chi connectivity index (χ0v) is 8.98. The Kier molecular flexibility index (Phi) is 3.96. The highest BCUT2D eigenvalue weighted by atomic mass is 16.4. The second kappa shape index (κ2) is 5.08. The van der Waals surface area contributed by atoms with Gasteiger partial charge in [-0.25, -0.2) is 4.79 Å². The minimum atomic E-state index is -1.94. The van der Waals surface area contributed by atoms with E-state index in [0.717, 1.165) is 0 Å². The number of aromatic carboxylic acids is 1. The summed E-state index contributed by atoms with van der Waals surface area (Å²) in [7, 11) is 0. The van der Waals surface area contributed by atoms with Gasteiger partial charge in [0.2, 0.25) is 5.75 Å². The maximum Gasteiger partial charge on any atom is 0.336 e. The Balaban J connectivity index is 3.49. The first-order valence-corrected chi connectivity index (χ1v) is 4.79. The van der Waals surface area contributed by atoms with Gasteiger partial charge in [0.05, 0.1) is 12.2 Å². The van der Waals surface area contributed by atoms with Crippen LogP contribution in [0, 0.1) is 0 Å². The van der Waals surface area contributed by atoms with Crippen molar-refractivity contribution in [1.29, 1.82) is 0 Å². The van der Waals surface area contributed by atoms with Crippen molar-refractivity contribution in [3.8, 4) is 17.2 Å². The van der Waals surface area contributed by atoms with Crippen LogP contribution in [-0.2, 0) is 0 Å². The zero-order valence-electron chi connectivity index (χ0n) is 8.98. The van der Waals surface area contributed by atoms with Crippen molar-refractivity contribution in [2.45, 2.75) is 12.2 Å². The van der Waals surface area contributed by atoms with Crippen LogP contribution >= 0.6 is 0 Å². The number of aromatic hydroxyl groups is 3. The van der Waals surface area contributed by atoms with Crippen molar-refractivity contribution < 1.29 is 40.5 Å². The fourth-order valence-corrected chi connectivity index (χ4v) is 1.43. The summed E-state index contributed by atoms with van der Waals surface area (Å²) < 4.78 is 0. The Morgan fingerprint density at radius 3 is 2.17 bits per heavy atom. The molecule has 8 nitrogen and oxygen atoms in total. The minimum absolute atomic E-state index is 0.611. The summed E-state index contributed by atoms with van der Waals surface area (Å²) >= 11 is 0. The van der Waals surface area contributed by atoms with Gasteiger partial charge in [-0.05, 0) is 6.07 Å². The first kappa shape index (κ1) is 14.0. The molecule has 1 aromatic rings. The van der Waals surface area contributed by atoms with Gasteiger partial charge in [0, 0.05) is 5.56 Å². The number of carbonyl (C=O) groups is 1. The number of carboxylic acid groups (broad SMARTS) is 1. The number of benzene rings is 1. The summed E-state index contributed by atoms with van der Waals surface area (Å²) in [6.45, 7) is -0.888. The molecule has 1 rings (SSSR count). The van der Waals surface area contributed by atoms with E-state index < -0.39 is 53.2 Å². The summed E-state index contributed by atoms with van der Waals surface area (Å²) in [6.07, 6.45) is -3.69. The number of rotatable bonds is 4. The molecule has 0 bridgehead atoms. The molecule has 18 heavy (non-hydrogen) atoms. The zero-order chi connectivity index (χ0) is 14.0. The minimum Gasteiger partial charge on any atom is -0.504 e. The molecule has 2 atom stereocenters. The van der Waals surface area contributed by atoms with Gasteiger partial charge < -0.3 is 35.7 Å². The predicted octanol–water partition coefficient (Wildman–Crippen LogP) is -1.11. The molecule has 0 aliphatic rings. The van der Waals surface area contributed by atoms with Crippen molar-refractivity contribution in [2.75, 3.05) is 6.61 Å². The molecular formula is C10H12O8. The van der Waals surface area contributed by atoms with Crippen molar-refractivity contribution in [3.63, 3.8) is 0 Å². The molecule has 0 aliphatic heterocycles. The average Bonchev–Trinajstić information content (AvgIpc) is 2.33. The molecular weight excluding hydrogens is 248 g/mol. The third-order valence-corrected chi connectivity index (χ3v) is 2.37. The number of phenolic OH excluding ortho intramolecular Hbond substituents is 3. The molecule has 0 saturated carbocycles. The molecule has 0 saturated heterocycles. The van der Waals surface area contributed by atoms with E-state index in [1.807, 2.05) is 0 Å². The van der Waals surface area contributed by atoms with E-state index in [0.29, 0.717) is 6.07 Å². The normalized spacial score (nSPS) is 14.2. The third kappa shape index (κ3) is 2.30. The molecule has 0 aromatic heterocycles. The summed E-state index contributed by atoms with van der Waals surface area (Å²) in [5, 5.41) is 64.2. The Morgan fingerprint density at radius 1 is 1.17 bits per heavy atom. The Morgan fingerprint density at radius 2 is 1.72 bits per heavy atom. The number of hydrogen-bond acceptors (Lipinski definition) is 7. The molecule has 8 heteroatoms. The third-order valence-electron chi connectivity index (χ3n) is 2.37. The largest absolute Gasteiger partial charge is 0.504 e. The van der Waals surface area contributed by atoms with Crippen LogP contribution in [-0.4, -0.2) is 54.4 Å². The maximum atomic E-state index is 10.9. The topological polar surface area (TPSA) is 159 Å². The highest BCUT2D eigenvalue weighted by molar-refractivity contribution is 5.92. The smallest absolute Gasteiger partial charge is 0.336 e.